The number of aryl methyl sites for hydroxylation is 1. The van der Waals surface area contributed by atoms with E-state index in [9.17, 15) is 9.59 Å². The van der Waals surface area contributed by atoms with Crippen LogP contribution in [0.4, 0.5) is 0 Å². The molecular formula is C20H31N3O2. The van der Waals surface area contributed by atoms with Gasteiger partial charge in [-0.2, -0.15) is 0 Å². The third-order valence-corrected chi connectivity index (χ3v) is 5.00. The third-order valence-electron chi connectivity index (χ3n) is 5.00. The summed E-state index contributed by atoms with van der Waals surface area (Å²) in [5.74, 6) is 0.139. The molecule has 1 saturated heterocycles. The quantitative estimate of drug-likeness (QED) is 0.861. The third kappa shape index (κ3) is 5.56. The van der Waals surface area contributed by atoms with Crippen molar-refractivity contribution in [3.63, 3.8) is 0 Å². The number of rotatable bonds is 6. The van der Waals surface area contributed by atoms with Gasteiger partial charge in [0.25, 0.3) is 5.91 Å². The van der Waals surface area contributed by atoms with Gasteiger partial charge in [-0.05, 0) is 44.4 Å². The number of amides is 2. The first kappa shape index (κ1) is 19.4. The Morgan fingerprint density at radius 2 is 1.64 bits per heavy atom. The van der Waals surface area contributed by atoms with Gasteiger partial charge in [-0.1, -0.05) is 26.0 Å². The lowest BCUT2D eigenvalue weighted by Crippen LogP contribution is -2.53. The number of carbonyl (C=O) groups is 2. The molecule has 0 saturated carbocycles. The van der Waals surface area contributed by atoms with Crippen LogP contribution in [0.15, 0.2) is 24.3 Å². The van der Waals surface area contributed by atoms with Gasteiger partial charge in [-0.25, -0.2) is 0 Å². The lowest BCUT2D eigenvalue weighted by atomic mass is 10.0. The van der Waals surface area contributed by atoms with Crippen LogP contribution in [0.5, 0.6) is 0 Å². The molecule has 138 valence electrons. The summed E-state index contributed by atoms with van der Waals surface area (Å²) in [6, 6.07) is 7.86. The lowest BCUT2D eigenvalue weighted by molar-refractivity contribution is -0.124. The number of carbonyl (C=O) groups excluding carboxylic acids is 2. The Bertz CT molecular complexity index is 587. The molecule has 0 unspecified atom stereocenters. The normalized spacial score (nSPS) is 15.9. The number of nitrogens with zero attached hydrogens (tertiary/aromatic N) is 2. The molecule has 1 N–H and O–H groups in total. The van der Waals surface area contributed by atoms with E-state index in [1.807, 2.05) is 43.0 Å². The maximum absolute atomic E-state index is 12.6. The number of nitrogens with one attached hydrogen (secondary N) is 1. The second-order valence-electron chi connectivity index (χ2n) is 7.40. The first-order chi connectivity index (χ1) is 11.8. The molecule has 1 heterocycles. The molecule has 0 spiro atoms. The molecule has 0 aliphatic carbocycles. The topological polar surface area (TPSA) is 52.7 Å². The fourth-order valence-electron chi connectivity index (χ4n) is 2.88. The summed E-state index contributed by atoms with van der Waals surface area (Å²) in [7, 11) is 0. The highest BCUT2D eigenvalue weighted by Gasteiger charge is 2.25. The number of benzene rings is 1. The minimum absolute atomic E-state index is 0.0572. The molecule has 2 amide bonds. The zero-order chi connectivity index (χ0) is 18.4. The van der Waals surface area contributed by atoms with Crippen LogP contribution in [-0.2, 0) is 11.2 Å². The minimum Gasteiger partial charge on any atom is -0.350 e. The minimum atomic E-state index is -0.167. The van der Waals surface area contributed by atoms with Crippen molar-refractivity contribution in [1.82, 2.24) is 15.1 Å². The zero-order valence-electron chi connectivity index (χ0n) is 16.0. The van der Waals surface area contributed by atoms with E-state index in [-0.39, 0.29) is 17.4 Å². The van der Waals surface area contributed by atoms with Crippen LogP contribution in [0.3, 0.4) is 0 Å². The van der Waals surface area contributed by atoms with Gasteiger partial charge in [-0.15, -0.1) is 0 Å². The van der Waals surface area contributed by atoms with Crippen LogP contribution in [0.1, 0.15) is 50.0 Å². The molecule has 5 heteroatoms. The summed E-state index contributed by atoms with van der Waals surface area (Å²) < 4.78 is 0. The predicted octanol–water partition coefficient (Wildman–Crippen LogP) is 2.31. The van der Waals surface area contributed by atoms with Gasteiger partial charge >= 0.3 is 0 Å². The fraction of sp³-hybridized carbons (Fsp3) is 0.600. The molecule has 1 aliphatic heterocycles. The summed E-state index contributed by atoms with van der Waals surface area (Å²) in [5, 5.41) is 3.06. The summed E-state index contributed by atoms with van der Waals surface area (Å²) in [6.07, 6.45) is 1.88. The molecule has 2 rings (SSSR count). The molecule has 1 aliphatic rings. The monoisotopic (exact) mass is 345 g/mol. The summed E-state index contributed by atoms with van der Waals surface area (Å²) >= 11 is 0. The predicted molar refractivity (Wildman–Crippen MR) is 101 cm³/mol. The van der Waals surface area contributed by atoms with Crippen LogP contribution in [0.2, 0.25) is 0 Å². The van der Waals surface area contributed by atoms with Gasteiger partial charge in [0, 0.05) is 37.3 Å². The average Bonchev–Trinajstić information content (AvgIpc) is 2.61. The SMILES string of the molecule is CCc1ccc(C(=O)N2CCN(CC(=O)NC(C)(C)CC)CC2)cc1. The number of hydrogen-bond donors (Lipinski definition) is 1. The van der Waals surface area contributed by atoms with E-state index in [4.69, 9.17) is 0 Å². The van der Waals surface area contributed by atoms with Crippen LogP contribution >= 0.6 is 0 Å². The highest BCUT2D eigenvalue weighted by molar-refractivity contribution is 5.94. The van der Waals surface area contributed by atoms with E-state index in [1.54, 1.807) is 0 Å². The maximum atomic E-state index is 12.6. The molecular weight excluding hydrogens is 314 g/mol. The molecule has 5 nitrogen and oxygen atoms in total. The molecule has 1 aromatic carbocycles. The van der Waals surface area contributed by atoms with Gasteiger partial charge in [-0.3, -0.25) is 14.5 Å². The maximum Gasteiger partial charge on any atom is 0.253 e. The molecule has 0 aromatic heterocycles. The fourth-order valence-corrected chi connectivity index (χ4v) is 2.88. The van der Waals surface area contributed by atoms with Crippen molar-refractivity contribution < 1.29 is 9.59 Å². The van der Waals surface area contributed by atoms with E-state index in [2.05, 4.69) is 24.1 Å². The Morgan fingerprint density at radius 1 is 1.04 bits per heavy atom. The van der Waals surface area contributed by atoms with E-state index in [0.717, 1.165) is 31.5 Å². The summed E-state index contributed by atoms with van der Waals surface area (Å²) in [5.41, 5.74) is 1.81. The molecule has 1 fully saturated rings. The van der Waals surface area contributed by atoms with Crippen LogP contribution < -0.4 is 5.32 Å². The standard InChI is InChI=1S/C20H31N3O2/c1-5-16-7-9-17(10-8-16)19(25)23-13-11-22(12-14-23)15-18(24)21-20(3,4)6-2/h7-10H,5-6,11-15H2,1-4H3,(H,21,24). The van der Waals surface area contributed by atoms with E-state index in [0.29, 0.717) is 19.6 Å². The van der Waals surface area contributed by atoms with Gasteiger partial charge in [0.1, 0.15) is 0 Å². The Balaban J connectivity index is 1.82. The van der Waals surface area contributed by atoms with Crippen molar-refractivity contribution >= 4 is 11.8 Å². The Kier molecular flexibility index (Phi) is 6.59. The van der Waals surface area contributed by atoms with Crippen LogP contribution in [-0.4, -0.2) is 59.9 Å². The van der Waals surface area contributed by atoms with Crippen molar-refractivity contribution in [2.75, 3.05) is 32.7 Å². The largest absolute Gasteiger partial charge is 0.350 e. The lowest BCUT2D eigenvalue weighted by Gasteiger charge is -2.35. The molecule has 25 heavy (non-hydrogen) atoms. The second kappa shape index (κ2) is 8.48. The van der Waals surface area contributed by atoms with Crippen LogP contribution in [0.25, 0.3) is 0 Å². The van der Waals surface area contributed by atoms with Crippen molar-refractivity contribution in [3.05, 3.63) is 35.4 Å². The highest BCUT2D eigenvalue weighted by atomic mass is 16.2. The number of hydrogen-bond acceptors (Lipinski definition) is 3. The van der Waals surface area contributed by atoms with Gasteiger partial charge < -0.3 is 10.2 Å². The first-order valence-corrected chi connectivity index (χ1v) is 9.26. The van der Waals surface area contributed by atoms with Crippen LogP contribution in [0, 0.1) is 0 Å². The smallest absolute Gasteiger partial charge is 0.253 e. The van der Waals surface area contributed by atoms with Gasteiger partial charge in [0.2, 0.25) is 5.91 Å². The molecule has 0 atom stereocenters. The summed E-state index contributed by atoms with van der Waals surface area (Å²) in [4.78, 5) is 28.7. The van der Waals surface area contributed by atoms with Gasteiger partial charge in [0.15, 0.2) is 0 Å². The van der Waals surface area contributed by atoms with E-state index >= 15 is 0 Å². The molecule has 1 aromatic rings. The number of piperazine rings is 1. The Hall–Kier alpha value is -1.88. The second-order valence-corrected chi connectivity index (χ2v) is 7.40. The Labute approximate surface area is 151 Å². The van der Waals surface area contributed by atoms with E-state index < -0.39 is 0 Å². The van der Waals surface area contributed by atoms with Crippen molar-refractivity contribution in [1.29, 1.82) is 0 Å². The highest BCUT2D eigenvalue weighted by Crippen LogP contribution is 2.11. The average molecular weight is 345 g/mol. The molecule has 0 radical (unpaired) electrons. The molecule has 0 bridgehead atoms. The zero-order valence-corrected chi connectivity index (χ0v) is 16.0. The summed E-state index contributed by atoms with van der Waals surface area (Å²) in [6.45, 7) is 11.4. The first-order valence-electron chi connectivity index (χ1n) is 9.26. The van der Waals surface area contributed by atoms with Crippen molar-refractivity contribution in [2.24, 2.45) is 0 Å². The van der Waals surface area contributed by atoms with E-state index in [1.165, 1.54) is 5.56 Å². The van der Waals surface area contributed by atoms with Crippen molar-refractivity contribution in [2.45, 2.75) is 46.1 Å². The Morgan fingerprint density at radius 3 is 2.16 bits per heavy atom. The van der Waals surface area contributed by atoms with Gasteiger partial charge in [0.05, 0.1) is 6.54 Å². The van der Waals surface area contributed by atoms with Crippen molar-refractivity contribution in [3.8, 4) is 0 Å².